The lowest BCUT2D eigenvalue weighted by Crippen LogP contribution is -2.34. The molecule has 0 atom stereocenters. The summed E-state index contributed by atoms with van der Waals surface area (Å²) in [5.41, 5.74) is 5.23. The van der Waals surface area contributed by atoms with Crippen LogP contribution in [0.2, 0.25) is 0 Å². The van der Waals surface area contributed by atoms with Gasteiger partial charge in [0.1, 0.15) is 5.75 Å². The van der Waals surface area contributed by atoms with Crippen molar-refractivity contribution in [1.29, 1.82) is 0 Å². The Balaban J connectivity index is 0.00000199. The number of benzene rings is 3. The molecule has 0 aliphatic carbocycles. The van der Waals surface area contributed by atoms with Crippen molar-refractivity contribution in [2.24, 2.45) is 0 Å². The SMILES string of the molecule is Cc1ccc(CCN(CCC(=O)NO)Oc2ccc(NC(=O)c3ccccc3)cc2)cc1.O=S. The van der Waals surface area contributed by atoms with E-state index in [-0.39, 0.29) is 12.3 Å². The molecule has 34 heavy (non-hydrogen) atoms. The van der Waals surface area contributed by atoms with Crippen LogP contribution in [0.1, 0.15) is 27.9 Å². The Kier molecular flexibility index (Phi) is 11.3. The monoisotopic (exact) mass is 481 g/mol. The minimum atomic E-state index is -0.479. The molecule has 0 heterocycles. The van der Waals surface area contributed by atoms with Crippen molar-refractivity contribution in [2.45, 2.75) is 19.8 Å². The average molecular weight is 482 g/mol. The molecule has 0 saturated carbocycles. The topological polar surface area (TPSA) is 108 Å². The number of hydrogen-bond acceptors (Lipinski definition) is 7. The summed E-state index contributed by atoms with van der Waals surface area (Å²) in [4.78, 5) is 29.7. The van der Waals surface area contributed by atoms with Gasteiger partial charge < -0.3 is 10.2 Å². The van der Waals surface area contributed by atoms with Crippen LogP contribution in [-0.4, -0.2) is 39.4 Å². The highest BCUT2D eigenvalue weighted by Crippen LogP contribution is 2.18. The van der Waals surface area contributed by atoms with E-state index in [2.05, 4.69) is 42.1 Å². The maximum atomic E-state index is 12.3. The molecule has 8 nitrogen and oxygen atoms in total. The first kappa shape index (κ1) is 26.6. The summed E-state index contributed by atoms with van der Waals surface area (Å²) >= 11 is 2.83. The molecule has 0 saturated heterocycles. The second-order valence-electron chi connectivity index (χ2n) is 7.39. The lowest BCUT2D eigenvalue weighted by molar-refractivity contribution is -0.132. The zero-order chi connectivity index (χ0) is 24.8. The molecule has 3 rings (SSSR count). The van der Waals surface area contributed by atoms with Crippen LogP contribution in [0.25, 0.3) is 0 Å². The first-order valence-corrected chi connectivity index (χ1v) is 10.9. The zero-order valence-corrected chi connectivity index (χ0v) is 19.6. The number of hydrogen-bond donors (Lipinski definition) is 3. The molecule has 9 heteroatoms. The summed E-state index contributed by atoms with van der Waals surface area (Å²) < 4.78 is 7.83. The van der Waals surface area contributed by atoms with Crippen LogP contribution >= 0.6 is 0 Å². The van der Waals surface area contributed by atoms with Crippen molar-refractivity contribution in [3.8, 4) is 5.75 Å². The molecule has 0 radical (unpaired) electrons. The summed E-state index contributed by atoms with van der Waals surface area (Å²) in [6, 6.07) is 24.3. The number of carbonyl (C=O) groups excluding carboxylic acids is 2. The summed E-state index contributed by atoms with van der Waals surface area (Å²) in [6.45, 7) is 2.91. The third kappa shape index (κ3) is 9.07. The van der Waals surface area contributed by atoms with Gasteiger partial charge in [0, 0.05) is 30.8 Å². The summed E-state index contributed by atoms with van der Waals surface area (Å²) in [6.07, 6.45) is 0.835. The molecule has 0 aromatic heterocycles. The Morgan fingerprint density at radius 1 is 0.912 bits per heavy atom. The number of amides is 2. The van der Waals surface area contributed by atoms with E-state index in [1.54, 1.807) is 46.9 Å². The lowest BCUT2D eigenvalue weighted by Gasteiger charge is -2.22. The molecule has 3 aromatic carbocycles. The van der Waals surface area contributed by atoms with Crippen molar-refractivity contribution in [2.75, 3.05) is 18.4 Å². The van der Waals surface area contributed by atoms with Crippen molar-refractivity contribution < 1.29 is 23.8 Å². The molecule has 3 N–H and O–H groups in total. The Morgan fingerprint density at radius 2 is 1.56 bits per heavy atom. The van der Waals surface area contributed by atoms with Gasteiger partial charge in [-0.3, -0.25) is 14.8 Å². The van der Waals surface area contributed by atoms with Crippen molar-refractivity contribution >= 4 is 30.0 Å². The van der Waals surface area contributed by atoms with Crippen LogP contribution in [0.4, 0.5) is 5.69 Å². The minimum Gasteiger partial charge on any atom is -0.406 e. The maximum Gasteiger partial charge on any atom is 0.255 e. The lowest BCUT2D eigenvalue weighted by atomic mass is 10.1. The van der Waals surface area contributed by atoms with Crippen LogP contribution in [0.15, 0.2) is 78.9 Å². The fourth-order valence-electron chi connectivity index (χ4n) is 3.03. The summed E-state index contributed by atoms with van der Waals surface area (Å²) in [5.74, 6) is -0.0852. The Bertz CT molecular complexity index is 1030. The smallest absolute Gasteiger partial charge is 0.255 e. The molecule has 178 valence electrons. The highest BCUT2D eigenvalue weighted by atomic mass is 32.1. The highest BCUT2D eigenvalue weighted by Gasteiger charge is 2.11. The number of hydroxylamine groups is 3. The quantitative estimate of drug-likeness (QED) is 0.300. The molecule has 2 amide bonds. The van der Waals surface area contributed by atoms with E-state index in [9.17, 15) is 9.59 Å². The van der Waals surface area contributed by atoms with E-state index >= 15 is 0 Å². The third-order valence-corrected chi connectivity index (χ3v) is 4.87. The second kappa shape index (κ2) is 14.5. The van der Waals surface area contributed by atoms with Gasteiger partial charge in [-0.2, -0.15) is 4.21 Å². The van der Waals surface area contributed by atoms with E-state index in [1.165, 1.54) is 5.56 Å². The Hall–Kier alpha value is -3.66. The third-order valence-electron chi connectivity index (χ3n) is 4.87. The minimum absolute atomic E-state index is 0.0929. The number of anilines is 1. The van der Waals surface area contributed by atoms with Crippen LogP contribution in [-0.2, 0) is 23.7 Å². The molecule has 3 aromatic rings. The molecule has 0 unspecified atom stereocenters. The molecular weight excluding hydrogens is 454 g/mol. The molecule has 0 bridgehead atoms. The van der Waals surface area contributed by atoms with Gasteiger partial charge in [0.05, 0.1) is 0 Å². The second-order valence-corrected chi connectivity index (χ2v) is 7.39. The number of nitrogens with one attached hydrogen (secondary N) is 2. The standard InChI is InChI=1S/C25H27N3O4.OS/c1-19-7-9-20(10-8-19)15-17-28(18-16-24(29)27-31)32-23-13-11-22(12-14-23)26-25(30)21-5-3-2-4-6-21;1-2/h2-14,31H,15-18H2,1H3,(H,26,30)(H,27,29);. The van der Waals surface area contributed by atoms with Gasteiger partial charge in [-0.05, 0) is 55.3 Å². The van der Waals surface area contributed by atoms with Gasteiger partial charge in [0.15, 0.2) is 12.5 Å². The fraction of sp³-hybridized carbons (Fsp3) is 0.200. The number of nitrogens with zero attached hydrogens (tertiary/aromatic N) is 1. The van der Waals surface area contributed by atoms with Crippen molar-refractivity contribution in [3.05, 3.63) is 95.6 Å². The van der Waals surface area contributed by atoms with Gasteiger partial charge in [0.25, 0.3) is 5.91 Å². The predicted molar refractivity (Wildman–Crippen MR) is 131 cm³/mol. The average Bonchev–Trinajstić information content (AvgIpc) is 2.89. The number of rotatable bonds is 10. The fourth-order valence-corrected chi connectivity index (χ4v) is 3.03. The normalized spacial score (nSPS) is 10.1. The summed E-state index contributed by atoms with van der Waals surface area (Å²) in [5, 5.41) is 13.3. The van der Waals surface area contributed by atoms with Gasteiger partial charge in [-0.25, -0.2) is 5.48 Å². The van der Waals surface area contributed by atoms with E-state index in [0.717, 1.165) is 12.0 Å². The van der Waals surface area contributed by atoms with Gasteiger partial charge in [-0.15, -0.1) is 5.06 Å². The maximum absolute atomic E-state index is 12.3. The predicted octanol–water partition coefficient (Wildman–Crippen LogP) is 3.65. The van der Waals surface area contributed by atoms with Crippen molar-refractivity contribution in [3.63, 3.8) is 0 Å². The van der Waals surface area contributed by atoms with E-state index in [4.69, 9.17) is 14.3 Å². The van der Waals surface area contributed by atoms with E-state index in [1.807, 2.05) is 25.1 Å². The molecular formula is C25H27N3O5S. The zero-order valence-electron chi connectivity index (χ0n) is 18.8. The van der Waals surface area contributed by atoms with E-state index < -0.39 is 5.91 Å². The highest BCUT2D eigenvalue weighted by molar-refractivity contribution is 7.44. The first-order chi connectivity index (χ1) is 16.5. The van der Waals surface area contributed by atoms with Crippen LogP contribution in [0.5, 0.6) is 5.75 Å². The summed E-state index contributed by atoms with van der Waals surface area (Å²) in [7, 11) is 0. The van der Waals surface area contributed by atoms with Gasteiger partial charge in [-0.1, -0.05) is 48.0 Å². The first-order valence-electron chi connectivity index (χ1n) is 10.6. The van der Waals surface area contributed by atoms with Crippen LogP contribution in [0, 0.1) is 6.92 Å². The van der Waals surface area contributed by atoms with Crippen LogP contribution in [0.3, 0.4) is 0 Å². The molecule has 0 aliphatic heterocycles. The Morgan fingerprint density at radius 3 is 2.18 bits per heavy atom. The van der Waals surface area contributed by atoms with E-state index in [0.29, 0.717) is 30.1 Å². The molecule has 0 spiro atoms. The Labute approximate surface area is 204 Å². The molecule has 0 aliphatic rings. The molecule has 0 fully saturated rings. The van der Waals surface area contributed by atoms with Gasteiger partial charge in [0.2, 0.25) is 5.91 Å². The van der Waals surface area contributed by atoms with Gasteiger partial charge >= 0.3 is 0 Å². The number of aryl methyl sites for hydroxylation is 1. The largest absolute Gasteiger partial charge is 0.406 e. The van der Waals surface area contributed by atoms with Crippen LogP contribution < -0.4 is 15.6 Å². The van der Waals surface area contributed by atoms with Crippen molar-refractivity contribution in [1.82, 2.24) is 10.5 Å². The number of carbonyl (C=O) groups is 2.